The van der Waals surface area contributed by atoms with Gasteiger partial charge in [0.05, 0.1) is 18.4 Å². The molecule has 138 valence electrons. The van der Waals surface area contributed by atoms with Gasteiger partial charge in [-0.25, -0.2) is 4.79 Å². The van der Waals surface area contributed by atoms with Crippen LogP contribution in [0.3, 0.4) is 0 Å². The van der Waals surface area contributed by atoms with Crippen LogP contribution in [0.1, 0.15) is 16.2 Å². The molecule has 0 bridgehead atoms. The van der Waals surface area contributed by atoms with Crippen molar-refractivity contribution in [3.8, 4) is 5.75 Å². The average Bonchev–Trinajstić information content (AvgIpc) is 2.66. The third-order valence-corrected chi connectivity index (χ3v) is 4.17. The van der Waals surface area contributed by atoms with Gasteiger partial charge in [-0.3, -0.25) is 0 Å². The Morgan fingerprint density at radius 3 is 2.63 bits per heavy atom. The molecule has 3 rings (SSSR count). The highest BCUT2D eigenvalue weighted by Crippen LogP contribution is 2.25. The van der Waals surface area contributed by atoms with E-state index in [1.54, 1.807) is 31.4 Å². The van der Waals surface area contributed by atoms with E-state index in [9.17, 15) is 4.79 Å². The number of hydrogen-bond donors (Lipinski definition) is 2. The molecule has 0 fully saturated rings. The number of nitrogens with zero attached hydrogens (tertiary/aromatic N) is 3. The lowest BCUT2D eigenvalue weighted by molar-refractivity contribution is 0.0461. The standard InChI is InChI=1S/C18H16BrN5O3/c1-26-14-9-5-4-8-13(14)21-18-23-15(22-17(20)24-18)10-27-16(25)11-6-2-3-7-12(11)19/h2-9H,10H2,1H3,(H3,20,21,22,23,24). The fourth-order valence-corrected chi connectivity index (χ4v) is 2.71. The number of esters is 1. The van der Waals surface area contributed by atoms with Gasteiger partial charge < -0.3 is 20.5 Å². The summed E-state index contributed by atoms with van der Waals surface area (Å²) < 4.78 is 11.2. The Balaban J connectivity index is 1.74. The summed E-state index contributed by atoms with van der Waals surface area (Å²) in [5, 5.41) is 3.02. The number of benzene rings is 2. The Kier molecular flexibility index (Phi) is 5.82. The zero-order valence-corrected chi connectivity index (χ0v) is 15.9. The number of halogens is 1. The molecule has 0 unspecified atom stereocenters. The molecule has 9 heteroatoms. The molecule has 0 aliphatic carbocycles. The van der Waals surface area contributed by atoms with E-state index in [0.29, 0.717) is 21.5 Å². The molecule has 27 heavy (non-hydrogen) atoms. The number of methoxy groups -OCH3 is 1. The Bertz CT molecular complexity index is 967. The maximum absolute atomic E-state index is 12.2. The van der Waals surface area contributed by atoms with Crippen LogP contribution in [-0.4, -0.2) is 28.0 Å². The first kappa shape index (κ1) is 18.6. The van der Waals surface area contributed by atoms with Gasteiger partial charge in [0, 0.05) is 4.47 Å². The number of hydrogen-bond acceptors (Lipinski definition) is 8. The minimum atomic E-state index is -0.499. The number of ether oxygens (including phenoxy) is 2. The predicted molar refractivity (Wildman–Crippen MR) is 104 cm³/mol. The van der Waals surface area contributed by atoms with Crippen molar-refractivity contribution >= 4 is 39.5 Å². The number of nitrogens with one attached hydrogen (secondary N) is 1. The Morgan fingerprint density at radius 1 is 1.11 bits per heavy atom. The minimum absolute atomic E-state index is 0.00865. The van der Waals surface area contributed by atoms with Crippen LogP contribution in [-0.2, 0) is 11.3 Å². The molecular formula is C18H16BrN5O3. The summed E-state index contributed by atoms with van der Waals surface area (Å²) in [6.07, 6.45) is 0. The first-order chi connectivity index (χ1) is 13.1. The molecule has 0 aliphatic heterocycles. The van der Waals surface area contributed by atoms with Gasteiger partial charge in [-0.1, -0.05) is 24.3 Å². The van der Waals surface area contributed by atoms with Gasteiger partial charge in [0.2, 0.25) is 11.9 Å². The summed E-state index contributed by atoms with van der Waals surface area (Å²) in [4.78, 5) is 24.5. The highest BCUT2D eigenvalue weighted by Gasteiger charge is 2.13. The summed E-state index contributed by atoms with van der Waals surface area (Å²) in [5.41, 5.74) is 6.82. The number of aromatic nitrogens is 3. The van der Waals surface area contributed by atoms with Crippen molar-refractivity contribution < 1.29 is 14.3 Å². The van der Waals surface area contributed by atoms with Crippen molar-refractivity contribution in [2.24, 2.45) is 0 Å². The molecule has 0 amide bonds. The number of nitrogens with two attached hydrogens (primary N) is 1. The van der Waals surface area contributed by atoms with Crippen molar-refractivity contribution in [1.29, 1.82) is 0 Å². The van der Waals surface area contributed by atoms with Gasteiger partial charge in [-0.05, 0) is 40.2 Å². The van der Waals surface area contributed by atoms with Crippen LogP contribution < -0.4 is 15.8 Å². The molecule has 3 N–H and O–H groups in total. The molecule has 0 saturated carbocycles. The molecule has 0 radical (unpaired) electrons. The largest absolute Gasteiger partial charge is 0.495 e. The number of carbonyl (C=O) groups is 1. The van der Waals surface area contributed by atoms with Crippen LogP contribution in [0.4, 0.5) is 17.6 Å². The summed E-state index contributed by atoms with van der Waals surface area (Å²) in [7, 11) is 1.56. The van der Waals surface area contributed by atoms with Crippen molar-refractivity contribution in [2.45, 2.75) is 6.61 Å². The van der Waals surface area contributed by atoms with Crippen molar-refractivity contribution in [2.75, 3.05) is 18.2 Å². The maximum Gasteiger partial charge on any atom is 0.339 e. The zero-order chi connectivity index (χ0) is 19.2. The summed E-state index contributed by atoms with van der Waals surface area (Å²) >= 11 is 3.31. The van der Waals surface area contributed by atoms with Gasteiger partial charge in [0.1, 0.15) is 5.75 Å². The number of rotatable bonds is 6. The monoisotopic (exact) mass is 429 g/mol. The van der Waals surface area contributed by atoms with Gasteiger partial charge in [0.15, 0.2) is 12.4 Å². The van der Waals surface area contributed by atoms with Gasteiger partial charge in [-0.15, -0.1) is 0 Å². The van der Waals surface area contributed by atoms with E-state index in [-0.39, 0.29) is 24.3 Å². The van der Waals surface area contributed by atoms with E-state index in [0.717, 1.165) is 0 Å². The van der Waals surface area contributed by atoms with Crippen molar-refractivity contribution in [3.05, 3.63) is 64.4 Å². The average molecular weight is 430 g/mol. The fourth-order valence-electron chi connectivity index (χ4n) is 2.26. The normalized spacial score (nSPS) is 10.3. The molecule has 8 nitrogen and oxygen atoms in total. The Morgan fingerprint density at radius 2 is 1.85 bits per heavy atom. The Hall–Kier alpha value is -3.20. The van der Waals surface area contributed by atoms with Crippen LogP contribution >= 0.6 is 15.9 Å². The van der Waals surface area contributed by atoms with Crippen LogP contribution in [0.15, 0.2) is 53.0 Å². The third-order valence-electron chi connectivity index (χ3n) is 3.48. The smallest absolute Gasteiger partial charge is 0.339 e. The molecule has 1 heterocycles. The second-order valence-electron chi connectivity index (χ2n) is 5.31. The first-order valence-electron chi connectivity index (χ1n) is 7.89. The second kappa shape index (κ2) is 8.45. The number of carbonyl (C=O) groups excluding carboxylic acids is 1. The van der Waals surface area contributed by atoms with E-state index >= 15 is 0 Å². The van der Waals surface area contributed by atoms with Crippen molar-refractivity contribution in [3.63, 3.8) is 0 Å². The molecular weight excluding hydrogens is 414 g/mol. The highest BCUT2D eigenvalue weighted by molar-refractivity contribution is 9.10. The predicted octanol–water partition coefficient (Wildman–Crippen LogP) is 3.33. The molecule has 0 atom stereocenters. The molecule has 0 aliphatic rings. The topological polar surface area (TPSA) is 112 Å². The van der Waals surface area contributed by atoms with Gasteiger partial charge in [0.25, 0.3) is 0 Å². The fraction of sp³-hybridized carbons (Fsp3) is 0.111. The minimum Gasteiger partial charge on any atom is -0.495 e. The van der Waals surface area contributed by atoms with Crippen LogP contribution in [0, 0.1) is 0 Å². The van der Waals surface area contributed by atoms with Crippen molar-refractivity contribution in [1.82, 2.24) is 15.0 Å². The Labute approximate surface area is 163 Å². The van der Waals surface area contributed by atoms with Crippen LogP contribution in [0.5, 0.6) is 5.75 Å². The van der Waals surface area contributed by atoms with E-state index < -0.39 is 5.97 Å². The van der Waals surface area contributed by atoms with E-state index in [1.165, 1.54) is 0 Å². The zero-order valence-electron chi connectivity index (χ0n) is 14.3. The molecule has 3 aromatic rings. The van der Waals surface area contributed by atoms with Crippen LogP contribution in [0.2, 0.25) is 0 Å². The molecule has 1 aromatic heterocycles. The van der Waals surface area contributed by atoms with Gasteiger partial charge >= 0.3 is 5.97 Å². The quantitative estimate of drug-likeness (QED) is 0.573. The summed E-state index contributed by atoms with van der Waals surface area (Å²) in [6.45, 7) is -0.145. The number of para-hydroxylation sites is 2. The molecule has 0 spiro atoms. The third kappa shape index (κ3) is 4.70. The lowest BCUT2D eigenvalue weighted by Crippen LogP contribution is -2.11. The lowest BCUT2D eigenvalue weighted by Gasteiger charge is -2.11. The van der Waals surface area contributed by atoms with E-state index in [2.05, 4.69) is 36.2 Å². The summed E-state index contributed by atoms with van der Waals surface area (Å²) in [5.74, 6) is 0.577. The lowest BCUT2D eigenvalue weighted by atomic mass is 10.2. The number of nitrogen functional groups attached to an aromatic ring is 1. The highest BCUT2D eigenvalue weighted by atomic mass is 79.9. The second-order valence-corrected chi connectivity index (χ2v) is 6.17. The van der Waals surface area contributed by atoms with E-state index in [4.69, 9.17) is 15.2 Å². The summed E-state index contributed by atoms with van der Waals surface area (Å²) in [6, 6.07) is 14.3. The van der Waals surface area contributed by atoms with Crippen LogP contribution in [0.25, 0.3) is 0 Å². The number of anilines is 3. The van der Waals surface area contributed by atoms with Gasteiger partial charge in [-0.2, -0.15) is 15.0 Å². The van der Waals surface area contributed by atoms with E-state index in [1.807, 2.05) is 24.3 Å². The maximum atomic E-state index is 12.2. The molecule has 0 saturated heterocycles. The molecule has 2 aromatic carbocycles. The SMILES string of the molecule is COc1ccccc1Nc1nc(N)nc(COC(=O)c2ccccc2Br)n1. The first-order valence-corrected chi connectivity index (χ1v) is 8.68.